The lowest BCUT2D eigenvalue weighted by Crippen LogP contribution is -2.30. The van der Waals surface area contributed by atoms with Crippen molar-refractivity contribution in [1.82, 2.24) is 0 Å². The molecule has 0 fully saturated rings. The van der Waals surface area contributed by atoms with Gasteiger partial charge in [0.15, 0.2) is 9.84 Å². The summed E-state index contributed by atoms with van der Waals surface area (Å²) in [6.45, 7) is -3.62. The molecule has 0 saturated carbocycles. The highest BCUT2D eigenvalue weighted by atomic mass is 32.2. The Labute approximate surface area is 98.0 Å². The first-order valence-electron chi connectivity index (χ1n) is 5.83. The van der Waals surface area contributed by atoms with Crippen LogP contribution in [-0.4, -0.2) is 32.4 Å². The first-order valence-corrected chi connectivity index (χ1v) is 6.22. The fourth-order valence-corrected chi connectivity index (χ4v) is 1.76. The van der Waals surface area contributed by atoms with Gasteiger partial charge < -0.3 is 10.8 Å². The summed E-state index contributed by atoms with van der Waals surface area (Å²) in [4.78, 5) is -0.0145. The number of benzene rings is 1. The second-order valence-electron chi connectivity index (χ2n) is 3.29. The number of hydrogen-bond donors (Lipinski definition) is 2. The van der Waals surface area contributed by atoms with E-state index in [4.69, 9.17) is 9.85 Å². The second kappa shape index (κ2) is 4.90. The van der Waals surface area contributed by atoms with Gasteiger partial charge in [0.25, 0.3) is 0 Å². The number of alkyl halides is 1. The molecule has 2 atom stereocenters. The standard InChI is InChI=1S/C10H14FNO3S/c1-16(14,15)8-4-2-7(3-5-8)10(13)9(12)6-11/h2-5,9-10,13H,6,12H2,1H3/t9-,10-/m0/s1/i6D2,9D. The minimum Gasteiger partial charge on any atom is -0.387 e. The van der Waals surface area contributed by atoms with Gasteiger partial charge in [-0.25, -0.2) is 12.8 Å². The molecule has 1 aromatic rings. The molecule has 16 heavy (non-hydrogen) atoms. The van der Waals surface area contributed by atoms with E-state index in [1.54, 1.807) is 0 Å². The van der Waals surface area contributed by atoms with E-state index in [0.717, 1.165) is 30.5 Å². The summed E-state index contributed by atoms with van der Waals surface area (Å²) in [6.07, 6.45) is -0.947. The van der Waals surface area contributed by atoms with E-state index >= 15 is 0 Å². The van der Waals surface area contributed by atoms with Crippen molar-refractivity contribution in [1.29, 1.82) is 0 Å². The third kappa shape index (κ3) is 3.01. The fourth-order valence-electron chi connectivity index (χ4n) is 1.13. The van der Waals surface area contributed by atoms with E-state index in [9.17, 15) is 17.9 Å². The minimum atomic E-state index is -3.62. The molecule has 0 unspecified atom stereocenters. The van der Waals surface area contributed by atoms with Crippen LogP contribution >= 0.6 is 0 Å². The first-order chi connectivity index (χ1) is 8.37. The molecular formula is C10H14FNO3S. The Morgan fingerprint density at radius 2 is 2.06 bits per heavy atom. The molecule has 1 rings (SSSR count). The van der Waals surface area contributed by atoms with Crippen molar-refractivity contribution in [3.05, 3.63) is 29.8 Å². The van der Waals surface area contributed by atoms with Crippen molar-refractivity contribution in [2.45, 2.75) is 17.0 Å². The molecule has 0 spiro atoms. The van der Waals surface area contributed by atoms with Crippen LogP contribution in [0.4, 0.5) is 4.39 Å². The van der Waals surface area contributed by atoms with Crippen LogP contribution in [0.1, 0.15) is 15.8 Å². The number of nitrogens with two attached hydrogens (primary N) is 1. The molecule has 3 N–H and O–H groups in total. The molecule has 0 radical (unpaired) electrons. The normalized spacial score (nSPS) is 21.4. The van der Waals surface area contributed by atoms with Crippen LogP contribution in [0.25, 0.3) is 0 Å². The second-order valence-corrected chi connectivity index (χ2v) is 5.31. The average molecular weight is 250 g/mol. The summed E-state index contributed by atoms with van der Waals surface area (Å²) in [5.74, 6) is 0. The summed E-state index contributed by atoms with van der Waals surface area (Å²) in [5, 5.41) is 9.74. The van der Waals surface area contributed by atoms with Crippen LogP contribution in [0.2, 0.25) is 0 Å². The van der Waals surface area contributed by atoms with Crippen molar-refractivity contribution in [3.8, 4) is 0 Å². The highest BCUT2D eigenvalue weighted by Gasteiger charge is 2.17. The maximum Gasteiger partial charge on any atom is 0.175 e. The predicted molar refractivity (Wildman–Crippen MR) is 58.5 cm³/mol. The van der Waals surface area contributed by atoms with Crippen LogP contribution in [0, 0.1) is 0 Å². The lowest BCUT2D eigenvalue weighted by Gasteiger charge is -2.16. The van der Waals surface area contributed by atoms with Gasteiger partial charge in [-0.15, -0.1) is 0 Å². The van der Waals surface area contributed by atoms with Crippen LogP contribution in [0.5, 0.6) is 0 Å². The van der Waals surface area contributed by atoms with E-state index in [1.165, 1.54) is 0 Å². The Morgan fingerprint density at radius 1 is 1.56 bits per heavy atom. The quantitative estimate of drug-likeness (QED) is 0.811. The number of aliphatic hydroxyl groups is 1. The Hall–Kier alpha value is -0.980. The smallest absolute Gasteiger partial charge is 0.175 e. The maximum absolute atomic E-state index is 13.1. The number of halogens is 1. The molecule has 90 valence electrons. The van der Waals surface area contributed by atoms with Crippen molar-refractivity contribution >= 4 is 9.84 Å². The van der Waals surface area contributed by atoms with Gasteiger partial charge in [0.2, 0.25) is 0 Å². The zero-order valence-corrected chi connectivity index (χ0v) is 9.33. The molecular weight excluding hydrogens is 233 g/mol. The Kier molecular flexibility index (Phi) is 2.79. The van der Waals surface area contributed by atoms with Crippen molar-refractivity contribution in [2.75, 3.05) is 12.9 Å². The van der Waals surface area contributed by atoms with E-state index < -0.39 is 28.6 Å². The predicted octanol–water partition coefficient (Wildman–Crippen LogP) is 0.420. The first kappa shape index (κ1) is 9.09. The van der Waals surface area contributed by atoms with E-state index in [-0.39, 0.29) is 10.5 Å². The monoisotopic (exact) mass is 250 g/mol. The third-order valence-corrected chi connectivity index (χ3v) is 3.16. The van der Waals surface area contributed by atoms with Gasteiger partial charge in [-0.05, 0) is 17.7 Å². The van der Waals surface area contributed by atoms with Crippen LogP contribution < -0.4 is 5.73 Å². The largest absolute Gasteiger partial charge is 0.387 e. The average Bonchev–Trinajstić information content (AvgIpc) is 2.25. The van der Waals surface area contributed by atoms with E-state index in [0.29, 0.717) is 0 Å². The molecule has 6 heteroatoms. The van der Waals surface area contributed by atoms with Crippen LogP contribution in [-0.2, 0) is 9.84 Å². The molecule has 0 amide bonds. The van der Waals surface area contributed by atoms with Crippen LogP contribution in [0.15, 0.2) is 29.2 Å². The number of sulfone groups is 1. The van der Waals surface area contributed by atoms with Crippen LogP contribution in [0.3, 0.4) is 0 Å². The van der Waals surface area contributed by atoms with E-state index in [1.807, 2.05) is 0 Å². The Balaban J connectivity index is 3.12. The van der Waals surface area contributed by atoms with Gasteiger partial charge in [0, 0.05) is 6.26 Å². The summed E-state index contributed by atoms with van der Waals surface area (Å²) >= 11 is 0. The van der Waals surface area contributed by atoms with Crippen molar-refractivity contribution in [2.24, 2.45) is 5.73 Å². The lowest BCUT2D eigenvalue weighted by atomic mass is 10.0. The molecule has 4 nitrogen and oxygen atoms in total. The van der Waals surface area contributed by atoms with E-state index in [2.05, 4.69) is 0 Å². The molecule has 0 bridgehead atoms. The molecule has 1 aromatic carbocycles. The highest BCUT2D eigenvalue weighted by molar-refractivity contribution is 7.90. The molecule has 0 saturated heterocycles. The number of rotatable bonds is 4. The molecule has 0 aromatic heterocycles. The molecule has 0 aliphatic rings. The lowest BCUT2D eigenvalue weighted by molar-refractivity contribution is 0.132. The highest BCUT2D eigenvalue weighted by Crippen LogP contribution is 2.18. The maximum atomic E-state index is 13.1. The summed E-state index contributed by atoms with van der Waals surface area (Å²) in [6, 6.07) is 1.74. The molecule has 0 aliphatic carbocycles. The minimum absolute atomic E-state index is 0.0145. The summed E-state index contributed by atoms with van der Waals surface area (Å²) < 4.78 is 56.5. The van der Waals surface area contributed by atoms with Gasteiger partial charge in [0.1, 0.15) is 6.63 Å². The van der Waals surface area contributed by atoms with Gasteiger partial charge in [-0.1, -0.05) is 12.1 Å². The fraction of sp³-hybridized carbons (Fsp3) is 0.400. The molecule has 0 aliphatic heterocycles. The third-order valence-electron chi connectivity index (χ3n) is 2.03. The Morgan fingerprint density at radius 3 is 2.44 bits per heavy atom. The number of hydrogen-bond acceptors (Lipinski definition) is 4. The van der Waals surface area contributed by atoms with Gasteiger partial charge in [-0.2, -0.15) is 0 Å². The SMILES string of the molecule is [2H]C([2H])(F)[C@]([2H])(N)[C@@H](O)c1ccc(S(C)(=O)=O)cc1. The summed E-state index contributed by atoms with van der Waals surface area (Å²) in [7, 11) is -3.42. The topological polar surface area (TPSA) is 80.4 Å². The van der Waals surface area contributed by atoms with Crippen molar-refractivity contribution in [3.63, 3.8) is 0 Å². The van der Waals surface area contributed by atoms with Crippen molar-refractivity contribution < 1.29 is 22.0 Å². The zero-order chi connectivity index (χ0) is 15.1. The van der Waals surface area contributed by atoms with Gasteiger partial charge in [0.05, 0.1) is 21.1 Å². The number of aliphatic hydroxyl groups excluding tert-OH is 1. The van der Waals surface area contributed by atoms with Gasteiger partial charge in [-0.3, -0.25) is 0 Å². The summed E-state index contributed by atoms with van der Waals surface area (Å²) in [5.41, 5.74) is 5.09. The Bertz CT molecular complexity index is 554. The zero-order valence-electron chi connectivity index (χ0n) is 11.5. The van der Waals surface area contributed by atoms with Gasteiger partial charge >= 0.3 is 0 Å². The molecule has 0 heterocycles.